The number of nitrogens with two attached hydrogens (primary N) is 1. The minimum atomic E-state index is -0.515. The van der Waals surface area contributed by atoms with Gasteiger partial charge in [-0.15, -0.1) is 0 Å². The number of carbonyl (C=O) groups excluding carboxylic acids is 1. The molecule has 0 fully saturated rings. The van der Waals surface area contributed by atoms with Gasteiger partial charge in [0.2, 0.25) is 0 Å². The van der Waals surface area contributed by atoms with Crippen molar-refractivity contribution < 1.29 is 4.79 Å². The third-order valence-corrected chi connectivity index (χ3v) is 1.77. The van der Waals surface area contributed by atoms with Gasteiger partial charge in [-0.1, -0.05) is 18.2 Å². The third-order valence-electron chi connectivity index (χ3n) is 1.77. The Balaban J connectivity index is 2.44. The number of urea groups is 1. The zero-order chi connectivity index (χ0) is 8.55. The normalized spacial score (nSPS) is 26.3. The first-order valence-corrected chi connectivity index (χ1v) is 3.59. The topological polar surface area (TPSA) is 67.8 Å². The Kier molecular flexibility index (Phi) is 1.40. The van der Waals surface area contributed by atoms with Crippen molar-refractivity contribution in [2.45, 2.75) is 0 Å². The maximum atomic E-state index is 10.8. The third kappa shape index (κ3) is 0.972. The number of nitrogens with zero attached hydrogens (tertiary/aromatic N) is 2. The van der Waals surface area contributed by atoms with Crippen molar-refractivity contribution in [2.24, 2.45) is 21.6 Å². The van der Waals surface area contributed by atoms with Crippen molar-refractivity contribution in [1.29, 1.82) is 0 Å². The Morgan fingerprint density at radius 2 is 2.17 bits per heavy atom. The van der Waals surface area contributed by atoms with Gasteiger partial charge in [0.05, 0.1) is 11.6 Å². The van der Waals surface area contributed by atoms with Crippen LogP contribution in [-0.4, -0.2) is 17.6 Å². The number of rotatable bonds is 0. The van der Waals surface area contributed by atoms with Gasteiger partial charge in [-0.2, -0.15) is 9.98 Å². The predicted molar refractivity (Wildman–Crippen MR) is 46.2 cm³/mol. The number of carbonyl (C=O) groups is 1. The molecule has 0 spiro atoms. The summed E-state index contributed by atoms with van der Waals surface area (Å²) in [7, 11) is 0. The Labute approximate surface area is 69.2 Å². The molecule has 0 radical (unpaired) electrons. The maximum absolute atomic E-state index is 10.8. The molecule has 0 saturated heterocycles. The van der Waals surface area contributed by atoms with Crippen LogP contribution >= 0.6 is 0 Å². The molecule has 4 heteroatoms. The molecule has 2 aliphatic rings. The second kappa shape index (κ2) is 2.41. The predicted octanol–water partition coefficient (Wildman–Crippen LogP) is 0.660. The van der Waals surface area contributed by atoms with E-state index in [4.69, 9.17) is 5.73 Å². The second-order valence-electron chi connectivity index (χ2n) is 2.58. The van der Waals surface area contributed by atoms with E-state index in [2.05, 4.69) is 9.98 Å². The molecule has 1 aliphatic carbocycles. The summed E-state index contributed by atoms with van der Waals surface area (Å²) < 4.78 is 0. The lowest BCUT2D eigenvalue weighted by atomic mass is 9.96. The quantitative estimate of drug-likeness (QED) is 0.567. The number of fused-ring (bicyclic) bond motifs is 1. The van der Waals surface area contributed by atoms with Crippen LogP contribution in [0.15, 0.2) is 34.3 Å². The first-order valence-electron chi connectivity index (χ1n) is 3.59. The number of aliphatic imine (C=N–C) groups is 2. The summed E-state index contributed by atoms with van der Waals surface area (Å²) in [6, 6.07) is -0.515. The van der Waals surface area contributed by atoms with Gasteiger partial charge >= 0.3 is 6.03 Å². The minimum Gasteiger partial charge on any atom is -0.386 e. The Morgan fingerprint density at radius 1 is 1.33 bits per heavy atom. The Bertz CT molecular complexity index is 349. The fraction of sp³-hybridized carbons (Fsp3) is 0.125. The summed E-state index contributed by atoms with van der Waals surface area (Å²) in [6.07, 6.45) is 7.32. The molecule has 0 bridgehead atoms. The molecule has 1 atom stereocenters. The van der Waals surface area contributed by atoms with Gasteiger partial charge in [-0.05, 0) is 6.08 Å². The largest absolute Gasteiger partial charge is 0.386 e. The SMILES string of the molecule is NC1=NC(=O)N=C2C=CC=CC12. The molecule has 12 heavy (non-hydrogen) atoms. The summed E-state index contributed by atoms with van der Waals surface area (Å²) in [4.78, 5) is 18.1. The minimum absolute atomic E-state index is 0.104. The van der Waals surface area contributed by atoms with Crippen LogP contribution in [-0.2, 0) is 0 Å². The second-order valence-corrected chi connectivity index (χ2v) is 2.58. The van der Waals surface area contributed by atoms with Crippen LogP contribution in [0.1, 0.15) is 0 Å². The molecule has 0 aromatic carbocycles. The monoisotopic (exact) mass is 161 g/mol. The van der Waals surface area contributed by atoms with Crippen LogP contribution in [0.2, 0.25) is 0 Å². The molecule has 2 amide bonds. The number of hydrogen-bond acceptors (Lipinski definition) is 2. The number of amidine groups is 1. The van der Waals surface area contributed by atoms with Crippen LogP contribution in [0, 0.1) is 5.92 Å². The zero-order valence-corrected chi connectivity index (χ0v) is 6.27. The van der Waals surface area contributed by atoms with Gasteiger partial charge in [-0.25, -0.2) is 4.79 Å². The van der Waals surface area contributed by atoms with Crippen LogP contribution in [0.4, 0.5) is 4.79 Å². The zero-order valence-electron chi connectivity index (χ0n) is 6.27. The molecule has 0 aromatic rings. The van der Waals surface area contributed by atoms with Crippen molar-refractivity contribution in [3.8, 4) is 0 Å². The van der Waals surface area contributed by atoms with Crippen molar-refractivity contribution in [3.05, 3.63) is 24.3 Å². The highest BCUT2D eigenvalue weighted by Crippen LogP contribution is 2.14. The smallest absolute Gasteiger partial charge is 0.368 e. The average molecular weight is 161 g/mol. The molecular formula is C8H7N3O. The van der Waals surface area contributed by atoms with Gasteiger partial charge in [0.1, 0.15) is 5.84 Å². The Morgan fingerprint density at radius 3 is 3.00 bits per heavy atom. The van der Waals surface area contributed by atoms with Crippen LogP contribution in [0.5, 0.6) is 0 Å². The molecule has 1 unspecified atom stereocenters. The van der Waals surface area contributed by atoms with Crippen molar-refractivity contribution in [2.75, 3.05) is 0 Å². The van der Waals surface area contributed by atoms with E-state index >= 15 is 0 Å². The highest BCUT2D eigenvalue weighted by molar-refractivity contribution is 6.21. The number of allylic oxidation sites excluding steroid dienone is 3. The number of hydrogen-bond donors (Lipinski definition) is 1. The molecule has 2 N–H and O–H groups in total. The highest BCUT2D eigenvalue weighted by Gasteiger charge is 2.22. The van der Waals surface area contributed by atoms with Crippen molar-refractivity contribution >= 4 is 17.6 Å². The van der Waals surface area contributed by atoms with Crippen LogP contribution in [0.3, 0.4) is 0 Å². The Hall–Kier alpha value is -1.71. The lowest BCUT2D eigenvalue weighted by Gasteiger charge is -2.17. The van der Waals surface area contributed by atoms with E-state index in [1.54, 1.807) is 6.08 Å². The van der Waals surface area contributed by atoms with Gasteiger partial charge in [0.15, 0.2) is 0 Å². The molecule has 0 aromatic heterocycles. The van der Waals surface area contributed by atoms with Crippen LogP contribution in [0.25, 0.3) is 0 Å². The van der Waals surface area contributed by atoms with E-state index in [9.17, 15) is 4.79 Å². The van der Waals surface area contributed by atoms with Gasteiger partial charge < -0.3 is 5.73 Å². The fourth-order valence-electron chi connectivity index (χ4n) is 1.20. The van der Waals surface area contributed by atoms with E-state index in [0.29, 0.717) is 11.5 Å². The molecule has 2 rings (SSSR count). The number of amides is 2. The summed E-state index contributed by atoms with van der Waals surface area (Å²) in [6.45, 7) is 0. The highest BCUT2D eigenvalue weighted by atomic mass is 16.2. The molecule has 0 saturated carbocycles. The van der Waals surface area contributed by atoms with Gasteiger partial charge in [-0.3, -0.25) is 0 Å². The molecule has 4 nitrogen and oxygen atoms in total. The molecule has 60 valence electrons. The van der Waals surface area contributed by atoms with Crippen LogP contribution < -0.4 is 5.73 Å². The summed E-state index contributed by atoms with van der Waals surface area (Å²) in [5.41, 5.74) is 6.22. The standard InChI is InChI=1S/C8H7N3O/c9-7-5-3-1-2-4-6(5)10-8(12)11-7/h1-5H,(H2,9,11,12). The summed E-state index contributed by atoms with van der Waals surface area (Å²) in [5.74, 6) is 0.221. The van der Waals surface area contributed by atoms with Gasteiger partial charge in [0, 0.05) is 0 Å². The lowest BCUT2D eigenvalue weighted by molar-refractivity contribution is 0.256. The molecule has 1 heterocycles. The molecule has 1 aliphatic heterocycles. The van der Waals surface area contributed by atoms with E-state index in [1.165, 1.54) is 0 Å². The van der Waals surface area contributed by atoms with Crippen molar-refractivity contribution in [3.63, 3.8) is 0 Å². The van der Waals surface area contributed by atoms with Crippen molar-refractivity contribution in [1.82, 2.24) is 0 Å². The maximum Gasteiger partial charge on any atom is 0.368 e. The first kappa shape index (κ1) is 6.97. The fourth-order valence-corrected chi connectivity index (χ4v) is 1.20. The van der Waals surface area contributed by atoms with E-state index in [1.807, 2.05) is 18.2 Å². The average Bonchev–Trinajstić information content (AvgIpc) is 2.04. The lowest BCUT2D eigenvalue weighted by Crippen LogP contribution is -2.33. The van der Waals surface area contributed by atoms with E-state index < -0.39 is 6.03 Å². The first-order chi connectivity index (χ1) is 5.77. The summed E-state index contributed by atoms with van der Waals surface area (Å²) >= 11 is 0. The summed E-state index contributed by atoms with van der Waals surface area (Å²) in [5, 5.41) is 0. The van der Waals surface area contributed by atoms with E-state index in [0.717, 1.165) is 0 Å². The van der Waals surface area contributed by atoms with E-state index in [-0.39, 0.29) is 5.92 Å². The van der Waals surface area contributed by atoms with Gasteiger partial charge in [0.25, 0.3) is 0 Å². The molecular weight excluding hydrogens is 154 g/mol.